The fraction of sp³-hybridized carbons (Fsp3) is 0.133. The van der Waals surface area contributed by atoms with Crippen LogP contribution < -0.4 is 10.1 Å². The first kappa shape index (κ1) is 17.2. The first-order chi connectivity index (χ1) is 10.4. The van der Waals surface area contributed by atoms with Crippen molar-refractivity contribution in [2.75, 3.05) is 5.32 Å². The predicted molar refractivity (Wildman–Crippen MR) is 91.6 cm³/mol. The smallest absolute Gasteiger partial charge is 0.265 e. The Morgan fingerprint density at radius 2 is 1.68 bits per heavy atom. The molecule has 0 spiro atoms. The number of amides is 1. The number of halogens is 4. The summed E-state index contributed by atoms with van der Waals surface area (Å²) in [5.41, 5.74) is 0.341. The van der Waals surface area contributed by atoms with Crippen molar-refractivity contribution in [2.24, 2.45) is 0 Å². The number of nitrogens with one attached hydrogen (secondary N) is 1. The average molecular weight is 379 g/mol. The lowest BCUT2D eigenvalue weighted by Crippen LogP contribution is -2.30. The Kier molecular flexibility index (Phi) is 5.81. The summed E-state index contributed by atoms with van der Waals surface area (Å²) in [6, 6.07) is 9.70. The molecule has 0 aliphatic heterocycles. The second kappa shape index (κ2) is 7.42. The molecule has 0 heterocycles. The van der Waals surface area contributed by atoms with Crippen molar-refractivity contribution in [1.29, 1.82) is 0 Å². The molecular formula is C15H11Cl4NO2. The Balaban J connectivity index is 2.09. The van der Waals surface area contributed by atoms with Crippen LogP contribution in [0.5, 0.6) is 5.75 Å². The zero-order chi connectivity index (χ0) is 16.3. The average Bonchev–Trinajstić information content (AvgIpc) is 2.45. The van der Waals surface area contributed by atoms with Crippen molar-refractivity contribution in [1.82, 2.24) is 0 Å². The number of carbonyl (C=O) groups is 1. The van der Waals surface area contributed by atoms with Gasteiger partial charge in [0.15, 0.2) is 6.10 Å². The van der Waals surface area contributed by atoms with E-state index in [9.17, 15) is 4.79 Å². The lowest BCUT2D eigenvalue weighted by atomic mass is 10.3. The van der Waals surface area contributed by atoms with Gasteiger partial charge in [-0.2, -0.15) is 0 Å². The van der Waals surface area contributed by atoms with E-state index in [1.807, 2.05) is 0 Å². The third-order valence-electron chi connectivity index (χ3n) is 2.78. The van der Waals surface area contributed by atoms with Gasteiger partial charge < -0.3 is 10.1 Å². The van der Waals surface area contributed by atoms with Gasteiger partial charge in [0.2, 0.25) is 0 Å². The van der Waals surface area contributed by atoms with Gasteiger partial charge in [-0.05, 0) is 37.3 Å². The summed E-state index contributed by atoms with van der Waals surface area (Å²) >= 11 is 23.8. The minimum Gasteiger partial charge on any atom is -0.479 e. The molecule has 0 aromatic heterocycles. The second-order valence-electron chi connectivity index (χ2n) is 4.42. The summed E-state index contributed by atoms with van der Waals surface area (Å²) < 4.78 is 5.53. The lowest BCUT2D eigenvalue weighted by Gasteiger charge is -2.16. The topological polar surface area (TPSA) is 38.3 Å². The maximum atomic E-state index is 12.2. The molecule has 0 radical (unpaired) electrons. The first-order valence-corrected chi connectivity index (χ1v) is 7.76. The number of carbonyl (C=O) groups excluding carboxylic acids is 1. The fourth-order valence-corrected chi connectivity index (χ4v) is 2.60. The van der Waals surface area contributed by atoms with Gasteiger partial charge in [0.1, 0.15) is 5.75 Å². The zero-order valence-corrected chi connectivity index (χ0v) is 14.4. The van der Waals surface area contributed by atoms with Crippen LogP contribution >= 0.6 is 46.4 Å². The minimum absolute atomic E-state index is 0.322. The molecule has 0 saturated carbocycles. The summed E-state index contributed by atoms with van der Waals surface area (Å²) in [7, 11) is 0. The van der Waals surface area contributed by atoms with E-state index in [1.54, 1.807) is 37.3 Å². The Morgan fingerprint density at radius 3 is 2.27 bits per heavy atom. The fourth-order valence-electron chi connectivity index (χ4n) is 1.66. The minimum atomic E-state index is -0.800. The normalized spacial score (nSPS) is 11.9. The van der Waals surface area contributed by atoms with Crippen LogP contribution in [-0.2, 0) is 4.79 Å². The van der Waals surface area contributed by atoms with Crippen LogP contribution in [0.25, 0.3) is 0 Å². The van der Waals surface area contributed by atoms with Crippen molar-refractivity contribution in [3.8, 4) is 5.75 Å². The van der Waals surface area contributed by atoms with Crippen LogP contribution in [0.3, 0.4) is 0 Å². The third-order valence-corrected chi connectivity index (χ3v) is 3.94. The first-order valence-electron chi connectivity index (χ1n) is 6.25. The molecule has 116 valence electrons. The van der Waals surface area contributed by atoms with E-state index in [4.69, 9.17) is 51.1 Å². The highest BCUT2D eigenvalue weighted by atomic mass is 35.5. The number of ether oxygens (including phenoxy) is 1. The van der Waals surface area contributed by atoms with Gasteiger partial charge in [-0.1, -0.05) is 52.5 Å². The molecule has 2 aromatic carbocycles. The molecule has 1 atom stereocenters. The zero-order valence-electron chi connectivity index (χ0n) is 11.4. The Hall–Kier alpha value is -1.13. The molecular weight excluding hydrogens is 368 g/mol. The summed E-state index contributed by atoms with van der Waals surface area (Å²) in [6.07, 6.45) is -0.800. The molecule has 3 nitrogen and oxygen atoms in total. The highest BCUT2D eigenvalue weighted by molar-refractivity contribution is 6.39. The van der Waals surface area contributed by atoms with Crippen LogP contribution in [0, 0.1) is 0 Å². The molecule has 0 fully saturated rings. The number of rotatable bonds is 4. The van der Waals surface area contributed by atoms with Gasteiger partial charge in [0, 0.05) is 5.02 Å². The van der Waals surface area contributed by atoms with E-state index < -0.39 is 12.0 Å². The van der Waals surface area contributed by atoms with Crippen molar-refractivity contribution in [2.45, 2.75) is 13.0 Å². The third kappa shape index (κ3) is 4.20. The van der Waals surface area contributed by atoms with Crippen molar-refractivity contribution < 1.29 is 9.53 Å². The Morgan fingerprint density at radius 1 is 1.05 bits per heavy atom. The summed E-state index contributed by atoms with van der Waals surface area (Å²) in [5, 5.41) is 4.13. The summed E-state index contributed by atoms with van der Waals surface area (Å²) in [5.74, 6) is -0.0417. The van der Waals surface area contributed by atoms with Crippen LogP contribution in [0.4, 0.5) is 5.69 Å². The van der Waals surface area contributed by atoms with Crippen molar-refractivity contribution in [3.05, 3.63) is 56.5 Å². The van der Waals surface area contributed by atoms with E-state index in [2.05, 4.69) is 5.32 Å². The van der Waals surface area contributed by atoms with E-state index in [0.29, 0.717) is 31.5 Å². The Bertz CT molecular complexity index is 686. The number of hydrogen-bond donors (Lipinski definition) is 1. The van der Waals surface area contributed by atoms with Gasteiger partial charge in [-0.25, -0.2) is 0 Å². The number of anilines is 1. The van der Waals surface area contributed by atoms with Gasteiger partial charge in [0.25, 0.3) is 5.91 Å². The van der Waals surface area contributed by atoms with E-state index in [-0.39, 0.29) is 0 Å². The predicted octanol–water partition coefficient (Wildman–Crippen LogP) is 5.71. The van der Waals surface area contributed by atoms with Crippen LogP contribution in [0.15, 0.2) is 36.4 Å². The molecule has 0 aliphatic rings. The van der Waals surface area contributed by atoms with Gasteiger partial charge in [0.05, 0.1) is 20.8 Å². The summed E-state index contributed by atoms with van der Waals surface area (Å²) in [4.78, 5) is 12.2. The second-order valence-corrected chi connectivity index (χ2v) is 6.08. The standard InChI is InChI=1S/C15H11Cl4NO2/c1-8(22-13-6-5-9(16)7-12(13)19)15(21)20-14-10(17)3-2-4-11(14)18/h2-8H,1H3,(H,20,21). The molecule has 2 aromatic rings. The van der Waals surface area contributed by atoms with E-state index in [1.165, 1.54) is 6.07 Å². The summed E-state index contributed by atoms with van der Waals surface area (Å²) in [6.45, 7) is 1.59. The molecule has 1 unspecified atom stereocenters. The monoisotopic (exact) mass is 377 g/mol. The maximum Gasteiger partial charge on any atom is 0.265 e. The van der Waals surface area contributed by atoms with Gasteiger partial charge in [-0.3, -0.25) is 4.79 Å². The van der Waals surface area contributed by atoms with Crippen LogP contribution in [-0.4, -0.2) is 12.0 Å². The van der Waals surface area contributed by atoms with E-state index in [0.717, 1.165) is 0 Å². The van der Waals surface area contributed by atoms with Gasteiger partial charge >= 0.3 is 0 Å². The molecule has 0 aliphatic carbocycles. The largest absolute Gasteiger partial charge is 0.479 e. The highest BCUT2D eigenvalue weighted by Gasteiger charge is 2.18. The number of benzene rings is 2. The van der Waals surface area contributed by atoms with E-state index >= 15 is 0 Å². The molecule has 0 bridgehead atoms. The van der Waals surface area contributed by atoms with Gasteiger partial charge in [-0.15, -0.1) is 0 Å². The molecule has 22 heavy (non-hydrogen) atoms. The molecule has 1 amide bonds. The lowest BCUT2D eigenvalue weighted by molar-refractivity contribution is -0.122. The SMILES string of the molecule is CC(Oc1ccc(Cl)cc1Cl)C(=O)Nc1c(Cl)cccc1Cl. The molecule has 2 rings (SSSR count). The van der Waals surface area contributed by atoms with Crippen LogP contribution in [0.1, 0.15) is 6.92 Å². The maximum absolute atomic E-state index is 12.2. The Labute approximate surface area is 148 Å². The molecule has 1 N–H and O–H groups in total. The highest BCUT2D eigenvalue weighted by Crippen LogP contribution is 2.31. The van der Waals surface area contributed by atoms with Crippen LogP contribution in [0.2, 0.25) is 20.1 Å². The number of para-hydroxylation sites is 1. The van der Waals surface area contributed by atoms with Crippen molar-refractivity contribution >= 4 is 58.0 Å². The quantitative estimate of drug-likeness (QED) is 0.740. The molecule has 0 saturated heterocycles. The van der Waals surface area contributed by atoms with Crippen molar-refractivity contribution in [3.63, 3.8) is 0 Å². The molecule has 7 heteroatoms. The number of hydrogen-bond acceptors (Lipinski definition) is 2.